The zero-order valence-corrected chi connectivity index (χ0v) is 9.77. The van der Waals surface area contributed by atoms with Crippen LogP contribution in [-0.4, -0.2) is 20.0 Å². The Balaban J connectivity index is 1.82. The third kappa shape index (κ3) is 2.27. The summed E-state index contributed by atoms with van der Waals surface area (Å²) in [6.45, 7) is 0.730. The fraction of sp³-hybridized carbons (Fsp3) is 0.0714. The van der Waals surface area contributed by atoms with Gasteiger partial charge in [-0.1, -0.05) is 35.5 Å². The predicted octanol–water partition coefficient (Wildman–Crippen LogP) is 2.39. The lowest BCUT2D eigenvalue weighted by Crippen LogP contribution is -1.99. The number of pyridine rings is 1. The topological polar surface area (TPSA) is 43.6 Å². The van der Waals surface area contributed by atoms with Gasteiger partial charge in [0.05, 0.1) is 12.7 Å². The molecule has 3 rings (SSSR count). The highest BCUT2D eigenvalue weighted by molar-refractivity contribution is 5.55. The molecule has 0 saturated heterocycles. The fourth-order valence-corrected chi connectivity index (χ4v) is 1.79. The zero-order chi connectivity index (χ0) is 12.2. The number of rotatable bonds is 3. The van der Waals surface area contributed by atoms with Gasteiger partial charge in [0.15, 0.2) is 0 Å². The van der Waals surface area contributed by atoms with Gasteiger partial charge in [0, 0.05) is 18.0 Å². The number of benzene rings is 1. The first kappa shape index (κ1) is 10.7. The van der Waals surface area contributed by atoms with Gasteiger partial charge in [0.25, 0.3) is 0 Å². The quantitative estimate of drug-likeness (QED) is 0.701. The zero-order valence-electron chi connectivity index (χ0n) is 9.77. The van der Waals surface area contributed by atoms with Crippen molar-refractivity contribution >= 4 is 0 Å². The molecule has 0 atom stereocenters. The molecule has 0 aliphatic heterocycles. The van der Waals surface area contributed by atoms with Crippen LogP contribution in [0.3, 0.4) is 0 Å². The van der Waals surface area contributed by atoms with Crippen molar-refractivity contribution in [3.8, 4) is 11.3 Å². The summed E-state index contributed by atoms with van der Waals surface area (Å²) in [4.78, 5) is 4.08. The molecule has 0 fully saturated rings. The van der Waals surface area contributed by atoms with E-state index in [0.717, 1.165) is 17.8 Å². The Bertz CT molecular complexity index is 617. The molecule has 0 N–H and O–H groups in total. The molecule has 4 heteroatoms. The summed E-state index contributed by atoms with van der Waals surface area (Å²) in [5.74, 6) is 0. The molecule has 3 aromatic rings. The number of hydrogen-bond acceptors (Lipinski definition) is 3. The molecule has 0 amide bonds. The van der Waals surface area contributed by atoms with Crippen molar-refractivity contribution in [2.75, 3.05) is 0 Å². The molecule has 18 heavy (non-hydrogen) atoms. The Morgan fingerprint density at radius 1 is 1.00 bits per heavy atom. The summed E-state index contributed by atoms with van der Waals surface area (Å²) >= 11 is 0. The Morgan fingerprint density at radius 2 is 1.89 bits per heavy atom. The minimum Gasteiger partial charge on any atom is -0.264 e. The molecule has 0 radical (unpaired) electrons. The first-order chi connectivity index (χ1) is 8.92. The number of aromatic nitrogens is 4. The van der Waals surface area contributed by atoms with Gasteiger partial charge in [-0.05, 0) is 17.7 Å². The molecular weight excluding hydrogens is 224 g/mol. The van der Waals surface area contributed by atoms with Crippen molar-refractivity contribution in [1.82, 2.24) is 20.0 Å². The second kappa shape index (κ2) is 4.79. The maximum Gasteiger partial charge on any atom is 0.114 e. The molecule has 0 saturated carbocycles. The second-order valence-corrected chi connectivity index (χ2v) is 4.03. The minimum absolute atomic E-state index is 0.730. The van der Waals surface area contributed by atoms with E-state index in [1.54, 1.807) is 12.4 Å². The summed E-state index contributed by atoms with van der Waals surface area (Å²) in [6.07, 6.45) is 5.47. The monoisotopic (exact) mass is 236 g/mol. The van der Waals surface area contributed by atoms with Crippen LogP contribution in [0.15, 0.2) is 61.1 Å². The van der Waals surface area contributed by atoms with Gasteiger partial charge in [0.1, 0.15) is 5.69 Å². The van der Waals surface area contributed by atoms with Crippen LogP contribution in [0.25, 0.3) is 11.3 Å². The van der Waals surface area contributed by atoms with Crippen molar-refractivity contribution in [2.24, 2.45) is 0 Å². The lowest BCUT2D eigenvalue weighted by molar-refractivity contribution is 0.650. The van der Waals surface area contributed by atoms with E-state index in [0.29, 0.717) is 0 Å². The Kier molecular flexibility index (Phi) is 2.84. The van der Waals surface area contributed by atoms with Crippen LogP contribution in [0.4, 0.5) is 0 Å². The van der Waals surface area contributed by atoms with E-state index >= 15 is 0 Å². The van der Waals surface area contributed by atoms with E-state index < -0.39 is 0 Å². The van der Waals surface area contributed by atoms with Crippen LogP contribution in [0, 0.1) is 0 Å². The molecular formula is C14H12N4. The van der Waals surface area contributed by atoms with Gasteiger partial charge in [-0.25, -0.2) is 4.68 Å². The maximum atomic E-state index is 4.16. The molecule has 2 aromatic heterocycles. The van der Waals surface area contributed by atoms with Crippen LogP contribution in [0.1, 0.15) is 5.56 Å². The molecule has 0 spiro atoms. The summed E-state index contributed by atoms with van der Waals surface area (Å²) < 4.78 is 1.83. The highest BCUT2D eigenvalue weighted by atomic mass is 15.4. The Morgan fingerprint density at radius 3 is 2.67 bits per heavy atom. The molecule has 0 aliphatic rings. The molecule has 0 unspecified atom stereocenters. The first-order valence-electron chi connectivity index (χ1n) is 5.76. The van der Waals surface area contributed by atoms with Crippen molar-refractivity contribution in [3.63, 3.8) is 0 Å². The number of nitrogens with zero attached hydrogens (tertiary/aromatic N) is 4. The largest absolute Gasteiger partial charge is 0.264 e. The number of hydrogen-bond donors (Lipinski definition) is 0. The van der Waals surface area contributed by atoms with Crippen LogP contribution in [0.5, 0.6) is 0 Å². The van der Waals surface area contributed by atoms with Gasteiger partial charge in [-0.15, -0.1) is 5.10 Å². The van der Waals surface area contributed by atoms with Gasteiger partial charge in [-0.3, -0.25) is 4.98 Å². The van der Waals surface area contributed by atoms with Gasteiger partial charge in [-0.2, -0.15) is 0 Å². The smallest absolute Gasteiger partial charge is 0.114 e. The van der Waals surface area contributed by atoms with Crippen molar-refractivity contribution < 1.29 is 0 Å². The van der Waals surface area contributed by atoms with E-state index in [1.807, 2.05) is 41.2 Å². The predicted molar refractivity (Wildman–Crippen MR) is 68.8 cm³/mol. The molecule has 4 nitrogen and oxygen atoms in total. The first-order valence-corrected chi connectivity index (χ1v) is 5.76. The van der Waals surface area contributed by atoms with E-state index in [-0.39, 0.29) is 0 Å². The normalized spacial score (nSPS) is 10.4. The summed E-state index contributed by atoms with van der Waals surface area (Å²) in [5, 5.41) is 8.28. The standard InChI is InChI=1S/C14H12N4/c1-2-5-12(6-3-1)10-18-11-14(16-17-18)13-7-4-8-15-9-13/h1-9,11H,10H2. The molecule has 1 aromatic carbocycles. The van der Waals surface area contributed by atoms with Crippen LogP contribution >= 0.6 is 0 Å². The van der Waals surface area contributed by atoms with Gasteiger partial charge < -0.3 is 0 Å². The molecule has 88 valence electrons. The second-order valence-electron chi connectivity index (χ2n) is 4.03. The molecule has 0 aliphatic carbocycles. The van der Waals surface area contributed by atoms with E-state index in [2.05, 4.69) is 27.4 Å². The summed E-state index contributed by atoms with van der Waals surface area (Å²) in [5.41, 5.74) is 3.04. The molecule has 0 bridgehead atoms. The highest BCUT2D eigenvalue weighted by Gasteiger charge is 2.03. The van der Waals surface area contributed by atoms with Crippen molar-refractivity contribution in [2.45, 2.75) is 6.54 Å². The SMILES string of the molecule is c1ccc(Cn2cc(-c3cccnc3)nn2)cc1. The minimum atomic E-state index is 0.730. The van der Waals surface area contributed by atoms with Crippen LogP contribution in [0.2, 0.25) is 0 Å². The Labute approximate surface area is 105 Å². The van der Waals surface area contributed by atoms with Gasteiger partial charge in [0.2, 0.25) is 0 Å². The average Bonchev–Trinajstić information content (AvgIpc) is 2.89. The van der Waals surface area contributed by atoms with Crippen LogP contribution in [-0.2, 0) is 6.54 Å². The molecule has 2 heterocycles. The lowest BCUT2D eigenvalue weighted by Gasteiger charge is -1.99. The average molecular weight is 236 g/mol. The highest BCUT2D eigenvalue weighted by Crippen LogP contribution is 2.14. The maximum absolute atomic E-state index is 4.16. The van der Waals surface area contributed by atoms with Crippen LogP contribution < -0.4 is 0 Å². The fourth-order valence-electron chi connectivity index (χ4n) is 1.79. The third-order valence-corrected chi connectivity index (χ3v) is 2.68. The van der Waals surface area contributed by atoms with E-state index in [1.165, 1.54) is 5.56 Å². The lowest BCUT2D eigenvalue weighted by atomic mass is 10.2. The summed E-state index contributed by atoms with van der Waals surface area (Å²) in [6, 6.07) is 14.1. The summed E-state index contributed by atoms with van der Waals surface area (Å²) in [7, 11) is 0. The Hall–Kier alpha value is -2.49. The van der Waals surface area contributed by atoms with E-state index in [9.17, 15) is 0 Å². The third-order valence-electron chi connectivity index (χ3n) is 2.68. The van der Waals surface area contributed by atoms with Crippen molar-refractivity contribution in [1.29, 1.82) is 0 Å². The van der Waals surface area contributed by atoms with Crippen molar-refractivity contribution in [3.05, 3.63) is 66.6 Å². The van der Waals surface area contributed by atoms with E-state index in [4.69, 9.17) is 0 Å². The van der Waals surface area contributed by atoms with Gasteiger partial charge >= 0.3 is 0 Å².